The molecule has 8 heteroatoms. The van der Waals surface area contributed by atoms with Gasteiger partial charge in [-0.25, -0.2) is 4.98 Å². The molecule has 3 aromatic rings. The van der Waals surface area contributed by atoms with Gasteiger partial charge in [0.15, 0.2) is 5.65 Å². The molecule has 3 rings (SSSR count). The molecule has 0 saturated heterocycles. The van der Waals surface area contributed by atoms with Crippen LogP contribution in [0, 0.1) is 6.92 Å². The van der Waals surface area contributed by atoms with Gasteiger partial charge in [0.05, 0.1) is 36.6 Å². The first kappa shape index (κ1) is 16.6. The number of methoxy groups -OCH3 is 2. The minimum absolute atomic E-state index is 0.283. The highest BCUT2D eigenvalue weighted by molar-refractivity contribution is 6.07. The molecular formula is C17H19N5O3. The molecule has 0 aliphatic carbocycles. The lowest BCUT2D eigenvalue weighted by atomic mass is 10.1. The van der Waals surface area contributed by atoms with Crippen LogP contribution in [0.3, 0.4) is 0 Å². The molecule has 0 spiro atoms. The van der Waals surface area contributed by atoms with E-state index in [4.69, 9.17) is 15.2 Å². The number of benzene rings is 1. The topological polar surface area (TPSA) is 104 Å². The number of amides is 1. The zero-order valence-electron chi connectivity index (χ0n) is 14.5. The van der Waals surface area contributed by atoms with Gasteiger partial charge in [-0.2, -0.15) is 5.10 Å². The molecular weight excluding hydrogens is 322 g/mol. The first-order valence-corrected chi connectivity index (χ1v) is 7.56. The molecule has 8 nitrogen and oxygen atoms in total. The minimum atomic E-state index is -0.574. The molecule has 1 aromatic carbocycles. The highest BCUT2D eigenvalue weighted by Crippen LogP contribution is 2.33. The first-order chi connectivity index (χ1) is 11.9. The predicted octanol–water partition coefficient (Wildman–Crippen LogP) is 2.14. The molecule has 130 valence electrons. The lowest BCUT2D eigenvalue weighted by Crippen LogP contribution is -2.14. The highest BCUT2D eigenvalue weighted by Gasteiger charge is 2.19. The van der Waals surface area contributed by atoms with Crippen LogP contribution in [0.1, 0.15) is 16.1 Å². The monoisotopic (exact) mass is 341 g/mol. The van der Waals surface area contributed by atoms with Crippen molar-refractivity contribution >= 4 is 28.3 Å². The van der Waals surface area contributed by atoms with Crippen molar-refractivity contribution < 1.29 is 14.3 Å². The second-order valence-corrected chi connectivity index (χ2v) is 5.55. The van der Waals surface area contributed by atoms with Crippen LogP contribution < -0.4 is 20.5 Å². The van der Waals surface area contributed by atoms with Crippen LogP contribution in [0.5, 0.6) is 11.5 Å². The Labute approximate surface area is 144 Å². The van der Waals surface area contributed by atoms with E-state index in [0.717, 1.165) is 11.1 Å². The Balaban J connectivity index is 2.21. The number of ether oxygens (including phenoxy) is 2. The van der Waals surface area contributed by atoms with Crippen molar-refractivity contribution in [2.24, 2.45) is 12.8 Å². The molecule has 0 unspecified atom stereocenters. The van der Waals surface area contributed by atoms with Crippen LogP contribution in [0.4, 0.5) is 11.4 Å². The molecule has 0 bridgehead atoms. The van der Waals surface area contributed by atoms with Crippen molar-refractivity contribution in [3.05, 3.63) is 35.7 Å². The molecule has 3 N–H and O–H groups in total. The summed E-state index contributed by atoms with van der Waals surface area (Å²) in [6.45, 7) is 1.85. The Hall–Kier alpha value is -3.29. The summed E-state index contributed by atoms with van der Waals surface area (Å²) in [5.74, 6) is 0.668. The lowest BCUT2D eigenvalue weighted by molar-refractivity contribution is 0.100. The number of fused-ring (bicyclic) bond motifs is 1. The highest BCUT2D eigenvalue weighted by atomic mass is 16.5. The van der Waals surface area contributed by atoms with E-state index in [2.05, 4.69) is 15.4 Å². The van der Waals surface area contributed by atoms with E-state index in [-0.39, 0.29) is 5.56 Å². The standard InChI is InChI=1S/C17H19N5O3/c1-9-14-15(13(16(18)23)8-19-17(14)22(2)21-9)20-10-5-11(24-3)7-12(6-10)25-4/h5-8H,1-4H3,(H2,18,23)(H,19,20). The molecule has 0 aliphatic rings. The van der Waals surface area contributed by atoms with Gasteiger partial charge < -0.3 is 20.5 Å². The summed E-state index contributed by atoms with van der Waals surface area (Å²) in [5, 5.41) is 8.36. The van der Waals surface area contributed by atoms with E-state index < -0.39 is 5.91 Å². The number of nitrogens with zero attached hydrogens (tertiary/aromatic N) is 3. The van der Waals surface area contributed by atoms with E-state index in [1.807, 2.05) is 6.92 Å². The minimum Gasteiger partial charge on any atom is -0.497 e. The fourth-order valence-corrected chi connectivity index (χ4v) is 2.75. The number of nitrogens with two attached hydrogens (primary N) is 1. The molecule has 1 amide bonds. The summed E-state index contributed by atoms with van der Waals surface area (Å²) in [5.41, 5.74) is 8.45. The van der Waals surface area contributed by atoms with E-state index in [1.54, 1.807) is 44.1 Å². The van der Waals surface area contributed by atoms with E-state index >= 15 is 0 Å². The quantitative estimate of drug-likeness (QED) is 0.737. The number of hydrogen-bond acceptors (Lipinski definition) is 6. The lowest BCUT2D eigenvalue weighted by Gasteiger charge is -2.14. The number of rotatable bonds is 5. The van der Waals surface area contributed by atoms with Crippen molar-refractivity contribution in [2.75, 3.05) is 19.5 Å². The molecule has 2 aromatic heterocycles. The Bertz CT molecular complexity index is 942. The SMILES string of the molecule is COc1cc(Nc2c(C(N)=O)cnc3c2c(C)nn3C)cc(OC)c1. The van der Waals surface area contributed by atoms with Crippen LogP contribution in [0.15, 0.2) is 24.4 Å². The third-order valence-electron chi connectivity index (χ3n) is 3.91. The number of primary amides is 1. The normalized spacial score (nSPS) is 10.7. The molecule has 25 heavy (non-hydrogen) atoms. The molecule has 0 atom stereocenters. The molecule has 2 heterocycles. The van der Waals surface area contributed by atoms with E-state index in [1.165, 1.54) is 6.20 Å². The maximum Gasteiger partial charge on any atom is 0.252 e. The van der Waals surface area contributed by atoms with Crippen LogP contribution in [-0.2, 0) is 7.05 Å². The number of aromatic nitrogens is 3. The smallest absolute Gasteiger partial charge is 0.252 e. The van der Waals surface area contributed by atoms with Crippen molar-refractivity contribution in [1.29, 1.82) is 0 Å². The number of aryl methyl sites for hydroxylation is 2. The summed E-state index contributed by atoms with van der Waals surface area (Å²) in [6.07, 6.45) is 1.45. The first-order valence-electron chi connectivity index (χ1n) is 7.56. The van der Waals surface area contributed by atoms with Gasteiger partial charge in [0.25, 0.3) is 5.91 Å². The van der Waals surface area contributed by atoms with Crippen molar-refractivity contribution in [3.8, 4) is 11.5 Å². The zero-order chi connectivity index (χ0) is 18.1. The third-order valence-corrected chi connectivity index (χ3v) is 3.91. The summed E-state index contributed by atoms with van der Waals surface area (Å²) < 4.78 is 12.2. The number of hydrogen-bond donors (Lipinski definition) is 2. The fourth-order valence-electron chi connectivity index (χ4n) is 2.75. The molecule has 0 radical (unpaired) electrons. The maximum absolute atomic E-state index is 11.9. The van der Waals surface area contributed by atoms with Gasteiger partial charge in [0, 0.05) is 37.1 Å². The van der Waals surface area contributed by atoms with Crippen LogP contribution in [0.2, 0.25) is 0 Å². The zero-order valence-corrected chi connectivity index (χ0v) is 14.5. The Kier molecular flexibility index (Phi) is 4.18. The van der Waals surface area contributed by atoms with E-state index in [0.29, 0.717) is 28.5 Å². The second-order valence-electron chi connectivity index (χ2n) is 5.55. The summed E-state index contributed by atoms with van der Waals surface area (Å²) >= 11 is 0. The summed E-state index contributed by atoms with van der Waals surface area (Å²) in [6, 6.07) is 5.36. The van der Waals surface area contributed by atoms with Gasteiger partial charge in [0.2, 0.25) is 0 Å². The van der Waals surface area contributed by atoms with Crippen molar-refractivity contribution in [1.82, 2.24) is 14.8 Å². The fraction of sp³-hybridized carbons (Fsp3) is 0.235. The van der Waals surface area contributed by atoms with E-state index in [9.17, 15) is 4.79 Å². The van der Waals surface area contributed by atoms with Crippen molar-refractivity contribution in [3.63, 3.8) is 0 Å². The summed E-state index contributed by atoms with van der Waals surface area (Å²) in [4.78, 5) is 16.2. The van der Waals surface area contributed by atoms with Gasteiger partial charge in [0.1, 0.15) is 11.5 Å². The number of carbonyl (C=O) groups is 1. The Morgan fingerprint density at radius 1 is 1.20 bits per heavy atom. The van der Waals surface area contributed by atoms with Gasteiger partial charge in [-0.15, -0.1) is 0 Å². The predicted molar refractivity (Wildman–Crippen MR) is 94.6 cm³/mol. The number of anilines is 2. The molecule has 0 saturated carbocycles. The van der Waals surface area contributed by atoms with Crippen LogP contribution >= 0.6 is 0 Å². The Morgan fingerprint density at radius 3 is 2.40 bits per heavy atom. The second kappa shape index (κ2) is 6.31. The average Bonchev–Trinajstić information content (AvgIpc) is 2.89. The summed E-state index contributed by atoms with van der Waals surface area (Å²) in [7, 11) is 4.94. The third kappa shape index (κ3) is 2.93. The number of carbonyl (C=O) groups excluding carboxylic acids is 1. The van der Waals surface area contributed by atoms with Crippen LogP contribution in [0.25, 0.3) is 11.0 Å². The van der Waals surface area contributed by atoms with Gasteiger partial charge >= 0.3 is 0 Å². The van der Waals surface area contributed by atoms with Crippen molar-refractivity contribution in [2.45, 2.75) is 6.92 Å². The Morgan fingerprint density at radius 2 is 1.84 bits per heavy atom. The largest absolute Gasteiger partial charge is 0.497 e. The van der Waals surface area contributed by atoms with Gasteiger partial charge in [-0.1, -0.05) is 0 Å². The average molecular weight is 341 g/mol. The maximum atomic E-state index is 11.9. The van der Waals surface area contributed by atoms with Gasteiger partial charge in [-0.05, 0) is 6.92 Å². The molecule has 0 aliphatic heterocycles. The number of nitrogens with one attached hydrogen (secondary N) is 1. The van der Waals surface area contributed by atoms with Crippen LogP contribution in [-0.4, -0.2) is 34.9 Å². The number of pyridine rings is 1. The van der Waals surface area contributed by atoms with Gasteiger partial charge in [-0.3, -0.25) is 9.48 Å². The molecule has 0 fully saturated rings.